The van der Waals surface area contributed by atoms with E-state index < -0.39 is 19.5 Å². The fourth-order valence-electron chi connectivity index (χ4n) is 7.22. The van der Waals surface area contributed by atoms with E-state index in [1.807, 2.05) is 91.8 Å². The molecule has 0 aliphatic carbocycles. The summed E-state index contributed by atoms with van der Waals surface area (Å²) in [6.45, 7) is 27.5. The zero-order valence-corrected chi connectivity index (χ0v) is 38.7. The van der Waals surface area contributed by atoms with Crippen LogP contribution in [0, 0.1) is 35.3 Å². The van der Waals surface area contributed by atoms with Gasteiger partial charge in [-0.25, -0.2) is 8.78 Å². The highest BCUT2D eigenvalue weighted by molar-refractivity contribution is 6.74. The van der Waals surface area contributed by atoms with Crippen molar-refractivity contribution >= 4 is 19.9 Å². The van der Waals surface area contributed by atoms with Crippen molar-refractivity contribution < 1.29 is 32.9 Å². The molecule has 4 rings (SSSR count). The summed E-state index contributed by atoms with van der Waals surface area (Å²) in [4.78, 5) is 0. The monoisotopic (exact) mass is 824 g/mol. The van der Waals surface area contributed by atoms with E-state index in [2.05, 4.69) is 33.9 Å². The smallest absolute Gasteiger partial charge is 0.192 e. The lowest BCUT2D eigenvalue weighted by molar-refractivity contribution is -0.0528. The normalized spacial score (nSPS) is 12.7. The van der Waals surface area contributed by atoms with E-state index in [-0.39, 0.29) is 40.3 Å². The largest absolute Gasteiger partial charge is 0.497 e. The minimum atomic E-state index is -1.93. The summed E-state index contributed by atoms with van der Waals surface area (Å²) in [5.74, 6) is 0.563. The standard InChI is InChI=1S/C27H41FO3Si.C21H26ClFO2/c1-18(2)27(29,19(3)4)24-15-20(17-31-32(9,10)26(5,6)7)11-13-22(24)23-16-21(30-8)12-14-25(23)28;1-13(2)21(24,14(3)4)19-10-15(12-22)6-8-17(19)18-11-16(25-5)7-9-20(18)23/h11-16,18-19,29H,17H2,1-10H3;6-11,13-14,24H,12H2,1-5H3. The predicted octanol–water partition coefficient (Wildman–Crippen LogP) is 13.3. The van der Waals surface area contributed by atoms with Crippen molar-refractivity contribution in [3.63, 3.8) is 0 Å². The summed E-state index contributed by atoms with van der Waals surface area (Å²) in [6, 6.07) is 20.8. The molecule has 0 unspecified atom stereocenters. The zero-order chi connectivity index (χ0) is 43.3. The summed E-state index contributed by atoms with van der Waals surface area (Å²) >= 11 is 6.01. The van der Waals surface area contributed by atoms with Crippen LogP contribution in [0.25, 0.3) is 22.3 Å². The molecule has 5 nitrogen and oxygen atoms in total. The molecular weight excluding hydrogens is 758 g/mol. The second-order valence-corrected chi connectivity index (χ2v) is 23.0. The SMILES string of the molecule is COc1ccc(F)c(-c2ccc(CCl)cc2C(O)(C(C)C)C(C)C)c1.COc1ccc(F)c(-c2ccc(CO[Si](C)(C)C(C)(C)C)cc2C(O)(C(C)C)C(C)C)c1. The van der Waals surface area contributed by atoms with Gasteiger partial charge in [0.05, 0.1) is 32.0 Å². The third kappa shape index (κ3) is 10.5. The lowest BCUT2D eigenvalue weighted by Gasteiger charge is -2.39. The van der Waals surface area contributed by atoms with Crippen LogP contribution in [-0.4, -0.2) is 32.8 Å². The van der Waals surface area contributed by atoms with Crippen LogP contribution in [0.15, 0.2) is 72.8 Å². The molecule has 0 aromatic heterocycles. The van der Waals surface area contributed by atoms with Gasteiger partial charge in [0, 0.05) is 17.0 Å². The van der Waals surface area contributed by atoms with Crippen molar-refractivity contribution in [1.82, 2.24) is 0 Å². The molecule has 0 bridgehead atoms. The molecule has 0 fully saturated rings. The Morgan fingerprint density at radius 3 is 1.28 bits per heavy atom. The Hall–Kier alpha value is -3.27. The molecule has 0 amide bonds. The first kappa shape index (κ1) is 48.1. The summed E-state index contributed by atoms with van der Waals surface area (Å²) in [7, 11) is 1.18. The lowest BCUT2D eigenvalue weighted by atomic mass is 9.72. The van der Waals surface area contributed by atoms with Crippen molar-refractivity contribution in [1.29, 1.82) is 0 Å². The van der Waals surface area contributed by atoms with Gasteiger partial charge in [-0.05, 0) is 112 Å². The summed E-state index contributed by atoms with van der Waals surface area (Å²) < 4.78 is 46.5. The number of methoxy groups -OCH3 is 2. The molecule has 0 radical (unpaired) electrons. The van der Waals surface area contributed by atoms with E-state index in [9.17, 15) is 19.0 Å². The molecule has 0 aliphatic rings. The summed E-state index contributed by atoms with van der Waals surface area (Å²) in [5, 5.41) is 23.5. The second kappa shape index (κ2) is 19.2. The van der Waals surface area contributed by atoms with E-state index in [1.54, 1.807) is 38.5 Å². The van der Waals surface area contributed by atoms with Crippen molar-refractivity contribution in [3.05, 3.63) is 107 Å². The minimum Gasteiger partial charge on any atom is -0.497 e. The van der Waals surface area contributed by atoms with Crippen molar-refractivity contribution in [2.45, 2.75) is 118 Å². The number of alkyl halides is 1. The lowest BCUT2D eigenvalue weighted by Crippen LogP contribution is -2.40. The van der Waals surface area contributed by atoms with Gasteiger partial charge in [-0.3, -0.25) is 0 Å². The molecule has 0 atom stereocenters. The van der Waals surface area contributed by atoms with Crippen LogP contribution in [-0.2, 0) is 28.1 Å². The Morgan fingerprint density at radius 2 is 0.947 bits per heavy atom. The summed E-state index contributed by atoms with van der Waals surface area (Å²) in [6.07, 6.45) is 0. The van der Waals surface area contributed by atoms with E-state index >= 15 is 0 Å². The van der Waals surface area contributed by atoms with Gasteiger partial charge in [-0.2, -0.15) is 0 Å². The van der Waals surface area contributed by atoms with Crippen LogP contribution in [0.3, 0.4) is 0 Å². The van der Waals surface area contributed by atoms with Crippen molar-refractivity contribution in [2.24, 2.45) is 23.7 Å². The molecular formula is C48H67ClF2O5Si. The summed E-state index contributed by atoms with van der Waals surface area (Å²) in [5.41, 5.74) is 3.25. The molecule has 2 N–H and O–H groups in total. The highest BCUT2D eigenvalue weighted by Crippen LogP contribution is 2.45. The number of halogens is 3. The van der Waals surface area contributed by atoms with Gasteiger partial charge >= 0.3 is 0 Å². The van der Waals surface area contributed by atoms with Crippen LogP contribution in [0.5, 0.6) is 11.5 Å². The fourth-order valence-corrected chi connectivity index (χ4v) is 8.35. The maximum absolute atomic E-state index is 14.9. The topological polar surface area (TPSA) is 68.2 Å². The molecule has 4 aromatic rings. The third-order valence-corrected chi connectivity index (χ3v) is 16.8. The van der Waals surface area contributed by atoms with E-state index in [0.29, 0.717) is 51.8 Å². The first-order valence-electron chi connectivity index (χ1n) is 20.0. The Labute approximate surface area is 347 Å². The second-order valence-electron chi connectivity index (χ2n) is 17.9. The maximum atomic E-state index is 14.9. The maximum Gasteiger partial charge on any atom is 0.192 e. The van der Waals surface area contributed by atoms with Crippen molar-refractivity contribution in [3.8, 4) is 33.8 Å². The Balaban J connectivity index is 0.000000315. The average Bonchev–Trinajstić information content (AvgIpc) is 3.16. The van der Waals surface area contributed by atoms with Gasteiger partial charge in [0.2, 0.25) is 0 Å². The highest BCUT2D eigenvalue weighted by atomic mass is 35.5. The van der Waals surface area contributed by atoms with Crippen LogP contribution >= 0.6 is 11.6 Å². The Morgan fingerprint density at radius 1 is 0.579 bits per heavy atom. The van der Waals surface area contributed by atoms with E-state index in [0.717, 1.165) is 16.7 Å². The Kier molecular flexibility index (Phi) is 16.2. The number of hydrogen-bond acceptors (Lipinski definition) is 5. The highest BCUT2D eigenvalue weighted by Gasteiger charge is 2.41. The van der Waals surface area contributed by atoms with Crippen LogP contribution in [0.4, 0.5) is 8.78 Å². The van der Waals surface area contributed by atoms with Gasteiger partial charge in [-0.1, -0.05) is 113 Å². The minimum absolute atomic E-state index is 0.0505. The first-order chi connectivity index (χ1) is 26.4. The van der Waals surface area contributed by atoms with Gasteiger partial charge in [0.1, 0.15) is 23.1 Å². The fraction of sp³-hybridized carbons (Fsp3) is 0.500. The number of ether oxygens (including phenoxy) is 2. The molecule has 314 valence electrons. The van der Waals surface area contributed by atoms with Crippen molar-refractivity contribution in [2.75, 3.05) is 14.2 Å². The Bertz CT molecular complexity index is 1930. The van der Waals surface area contributed by atoms with Gasteiger partial charge in [0.15, 0.2) is 8.32 Å². The number of hydrogen-bond donors (Lipinski definition) is 2. The van der Waals surface area contributed by atoms with E-state index in [1.165, 1.54) is 12.1 Å². The van der Waals surface area contributed by atoms with E-state index in [4.69, 9.17) is 25.5 Å². The number of rotatable bonds is 14. The number of aliphatic hydroxyl groups is 2. The molecule has 0 saturated carbocycles. The average molecular weight is 826 g/mol. The number of benzene rings is 4. The third-order valence-electron chi connectivity index (χ3n) is 12.0. The van der Waals surface area contributed by atoms with Crippen LogP contribution in [0.1, 0.15) is 98.4 Å². The molecule has 9 heteroatoms. The molecule has 0 aliphatic heterocycles. The van der Waals surface area contributed by atoms with Gasteiger partial charge in [-0.15, -0.1) is 11.6 Å². The van der Waals surface area contributed by atoms with Gasteiger partial charge < -0.3 is 24.1 Å². The predicted molar refractivity (Wildman–Crippen MR) is 235 cm³/mol. The molecule has 0 saturated heterocycles. The molecule has 0 spiro atoms. The first-order valence-corrected chi connectivity index (χ1v) is 23.4. The molecule has 4 aromatic carbocycles. The van der Waals surface area contributed by atoms with Gasteiger partial charge in [0.25, 0.3) is 0 Å². The molecule has 57 heavy (non-hydrogen) atoms. The zero-order valence-electron chi connectivity index (χ0n) is 36.9. The molecule has 0 heterocycles. The quantitative estimate of drug-likeness (QED) is 0.0979. The van der Waals surface area contributed by atoms with Crippen LogP contribution < -0.4 is 9.47 Å². The van der Waals surface area contributed by atoms with Crippen LogP contribution in [0.2, 0.25) is 18.1 Å².